The van der Waals surface area contributed by atoms with E-state index in [0.717, 1.165) is 0 Å². The number of rotatable bonds is 4. The van der Waals surface area contributed by atoms with Gasteiger partial charge in [-0.3, -0.25) is 4.79 Å². The average molecular weight is 302 g/mol. The van der Waals surface area contributed by atoms with Crippen LogP contribution < -0.4 is 0 Å². The third kappa shape index (κ3) is 3.18. The molecule has 1 aromatic heterocycles. The Morgan fingerprint density at radius 1 is 1.55 bits per heavy atom. The monoisotopic (exact) mass is 302 g/mol. The highest BCUT2D eigenvalue weighted by Crippen LogP contribution is 2.26. The smallest absolute Gasteiger partial charge is 0.307 e. The van der Waals surface area contributed by atoms with Crippen molar-refractivity contribution in [2.45, 2.75) is 38.5 Å². The van der Waals surface area contributed by atoms with E-state index in [2.05, 4.69) is 5.16 Å². The number of hydrogen-bond donors (Lipinski definition) is 1. The van der Waals surface area contributed by atoms with E-state index in [4.69, 9.17) is 9.63 Å². The van der Waals surface area contributed by atoms with Gasteiger partial charge in [0.1, 0.15) is 17.2 Å². The van der Waals surface area contributed by atoms with E-state index in [1.54, 1.807) is 19.9 Å². The predicted octanol–water partition coefficient (Wildman–Crippen LogP) is 0.998. The number of aryl methyl sites for hydroxylation is 1. The lowest BCUT2D eigenvalue weighted by Gasteiger charge is -2.35. The normalized spacial score (nSPS) is 24.7. The summed E-state index contributed by atoms with van der Waals surface area (Å²) in [6, 6.07) is 1.38. The van der Waals surface area contributed by atoms with E-state index in [9.17, 15) is 13.2 Å². The Morgan fingerprint density at radius 3 is 2.80 bits per heavy atom. The average Bonchev–Trinajstić information content (AvgIpc) is 2.73. The van der Waals surface area contributed by atoms with Gasteiger partial charge in [-0.15, -0.1) is 0 Å². The van der Waals surface area contributed by atoms with Crippen molar-refractivity contribution in [1.29, 1.82) is 0 Å². The maximum Gasteiger partial charge on any atom is 0.307 e. The maximum atomic E-state index is 12.4. The molecule has 1 aliphatic rings. The van der Waals surface area contributed by atoms with E-state index in [1.807, 2.05) is 0 Å². The van der Waals surface area contributed by atoms with Crippen LogP contribution in [-0.2, 0) is 20.6 Å². The number of carboxylic acids is 1. The van der Waals surface area contributed by atoms with E-state index in [-0.39, 0.29) is 18.3 Å². The Hall–Kier alpha value is -1.41. The zero-order chi connectivity index (χ0) is 14.9. The molecular formula is C12H18N2O5S. The van der Waals surface area contributed by atoms with Gasteiger partial charge in [-0.05, 0) is 26.7 Å². The maximum absolute atomic E-state index is 12.4. The van der Waals surface area contributed by atoms with Crippen LogP contribution in [0.2, 0.25) is 0 Å². The zero-order valence-corrected chi connectivity index (χ0v) is 12.3. The molecule has 8 heteroatoms. The van der Waals surface area contributed by atoms with E-state index in [1.165, 1.54) is 4.31 Å². The Balaban J connectivity index is 2.16. The Morgan fingerprint density at radius 2 is 2.25 bits per heavy atom. The topological polar surface area (TPSA) is 101 Å². The molecule has 1 aliphatic heterocycles. The number of aromatic nitrogens is 1. The minimum absolute atomic E-state index is 0.0235. The molecule has 1 N–H and O–H groups in total. The van der Waals surface area contributed by atoms with Crippen LogP contribution in [0.4, 0.5) is 0 Å². The van der Waals surface area contributed by atoms with Crippen molar-refractivity contribution < 1.29 is 22.8 Å². The quantitative estimate of drug-likeness (QED) is 0.890. The minimum atomic E-state index is -3.59. The fourth-order valence-electron chi connectivity index (χ4n) is 2.42. The first kappa shape index (κ1) is 15.0. The summed E-state index contributed by atoms with van der Waals surface area (Å²) in [6.45, 7) is 3.51. The van der Waals surface area contributed by atoms with E-state index >= 15 is 0 Å². The first-order valence-electron chi connectivity index (χ1n) is 6.44. The molecular weight excluding hydrogens is 284 g/mol. The molecule has 0 amide bonds. The third-order valence-electron chi connectivity index (χ3n) is 3.54. The van der Waals surface area contributed by atoms with Crippen molar-refractivity contribution >= 4 is 16.0 Å². The summed E-state index contributed by atoms with van der Waals surface area (Å²) in [5.41, 5.74) is 0.340. The fraction of sp³-hybridized carbons (Fsp3) is 0.667. The SMILES string of the molecule is Cc1cc(CS(=O)(=O)N2CC(C(=O)O)CCC2C)no1. The number of piperidine rings is 1. The fourth-order valence-corrected chi connectivity index (χ4v) is 4.16. The molecule has 0 aromatic carbocycles. The molecule has 0 radical (unpaired) electrons. The highest BCUT2D eigenvalue weighted by molar-refractivity contribution is 7.88. The largest absolute Gasteiger partial charge is 0.481 e. The number of carbonyl (C=O) groups is 1. The molecule has 0 bridgehead atoms. The van der Waals surface area contributed by atoms with Gasteiger partial charge in [0, 0.05) is 18.7 Å². The highest BCUT2D eigenvalue weighted by atomic mass is 32.2. The first-order chi connectivity index (χ1) is 9.29. The second-order valence-electron chi connectivity index (χ2n) is 5.22. The van der Waals surface area contributed by atoms with Crippen LogP contribution in [0.3, 0.4) is 0 Å². The lowest BCUT2D eigenvalue weighted by molar-refractivity contribution is -0.143. The van der Waals surface area contributed by atoms with Gasteiger partial charge in [0.05, 0.1) is 5.92 Å². The summed E-state index contributed by atoms with van der Waals surface area (Å²) in [7, 11) is -3.59. The number of sulfonamides is 1. The molecule has 1 saturated heterocycles. The van der Waals surface area contributed by atoms with Crippen LogP contribution in [0.25, 0.3) is 0 Å². The van der Waals surface area contributed by atoms with Crippen molar-refractivity contribution in [2.24, 2.45) is 5.92 Å². The van der Waals surface area contributed by atoms with Crippen molar-refractivity contribution in [3.8, 4) is 0 Å². The van der Waals surface area contributed by atoms with Gasteiger partial charge in [0.2, 0.25) is 10.0 Å². The summed E-state index contributed by atoms with van der Waals surface area (Å²) < 4.78 is 30.9. The summed E-state index contributed by atoms with van der Waals surface area (Å²) in [6.07, 6.45) is 1.06. The lowest BCUT2D eigenvalue weighted by atomic mass is 9.96. The molecule has 20 heavy (non-hydrogen) atoms. The van der Waals surface area contributed by atoms with Crippen molar-refractivity contribution in [2.75, 3.05) is 6.54 Å². The number of nitrogens with zero attached hydrogens (tertiary/aromatic N) is 2. The molecule has 112 valence electrons. The standard InChI is InChI=1S/C12H18N2O5S/c1-8-3-4-10(12(15)16)6-14(8)20(17,18)7-11-5-9(2)19-13-11/h5,8,10H,3-4,6-7H2,1-2H3,(H,15,16). The molecule has 1 aromatic rings. The lowest BCUT2D eigenvalue weighted by Crippen LogP contribution is -2.47. The summed E-state index contributed by atoms with van der Waals surface area (Å²) in [4.78, 5) is 11.0. The van der Waals surface area contributed by atoms with E-state index in [0.29, 0.717) is 24.3 Å². The minimum Gasteiger partial charge on any atom is -0.481 e. The molecule has 0 saturated carbocycles. The van der Waals surface area contributed by atoms with Gasteiger partial charge >= 0.3 is 5.97 Å². The molecule has 0 spiro atoms. The third-order valence-corrected chi connectivity index (χ3v) is 5.42. The number of hydrogen-bond acceptors (Lipinski definition) is 5. The van der Waals surface area contributed by atoms with Gasteiger partial charge in [0.25, 0.3) is 0 Å². The van der Waals surface area contributed by atoms with Gasteiger partial charge in [-0.1, -0.05) is 5.16 Å². The van der Waals surface area contributed by atoms with Crippen LogP contribution in [0.1, 0.15) is 31.2 Å². The highest BCUT2D eigenvalue weighted by Gasteiger charge is 2.36. The van der Waals surface area contributed by atoms with Crippen molar-refractivity contribution in [3.05, 3.63) is 17.5 Å². The second kappa shape index (κ2) is 5.53. The molecule has 1 fully saturated rings. The Kier molecular flexibility index (Phi) is 4.14. The molecule has 0 aliphatic carbocycles. The van der Waals surface area contributed by atoms with Gasteiger partial charge in [0.15, 0.2) is 0 Å². The molecule has 2 heterocycles. The Labute approximate surface area is 117 Å². The van der Waals surface area contributed by atoms with E-state index < -0.39 is 21.9 Å². The number of carboxylic acid groups (broad SMARTS) is 1. The predicted molar refractivity (Wildman–Crippen MR) is 70.4 cm³/mol. The Bertz CT molecular complexity index is 595. The molecule has 2 unspecified atom stereocenters. The van der Waals surface area contributed by atoms with Gasteiger partial charge < -0.3 is 9.63 Å². The number of aliphatic carboxylic acids is 1. The van der Waals surface area contributed by atoms with Crippen LogP contribution in [0.5, 0.6) is 0 Å². The van der Waals surface area contributed by atoms with Crippen molar-refractivity contribution in [3.63, 3.8) is 0 Å². The first-order valence-corrected chi connectivity index (χ1v) is 8.05. The van der Waals surface area contributed by atoms with Crippen LogP contribution in [-0.4, -0.2) is 41.5 Å². The summed E-state index contributed by atoms with van der Waals surface area (Å²) in [5.74, 6) is -1.30. The van der Waals surface area contributed by atoms with Crippen LogP contribution >= 0.6 is 0 Å². The zero-order valence-electron chi connectivity index (χ0n) is 11.4. The van der Waals surface area contributed by atoms with Crippen LogP contribution in [0, 0.1) is 12.8 Å². The van der Waals surface area contributed by atoms with Crippen LogP contribution in [0.15, 0.2) is 10.6 Å². The summed E-state index contributed by atoms with van der Waals surface area (Å²) >= 11 is 0. The van der Waals surface area contributed by atoms with Gasteiger partial charge in [-0.25, -0.2) is 8.42 Å². The summed E-state index contributed by atoms with van der Waals surface area (Å²) in [5, 5.41) is 12.7. The molecule has 2 rings (SSSR count). The molecule has 2 atom stereocenters. The van der Waals surface area contributed by atoms with Gasteiger partial charge in [-0.2, -0.15) is 4.31 Å². The second-order valence-corrected chi connectivity index (χ2v) is 7.14. The van der Waals surface area contributed by atoms with Crippen molar-refractivity contribution in [1.82, 2.24) is 9.46 Å². The molecule has 7 nitrogen and oxygen atoms in total.